The molecule has 1 heterocycles. The van der Waals surface area contributed by atoms with Gasteiger partial charge in [0.25, 0.3) is 0 Å². The van der Waals surface area contributed by atoms with Crippen molar-refractivity contribution in [3.63, 3.8) is 0 Å². The lowest BCUT2D eigenvalue weighted by Gasteiger charge is -2.17. The number of nitrogens with zero attached hydrogens (tertiary/aromatic N) is 1. The summed E-state index contributed by atoms with van der Waals surface area (Å²) in [7, 11) is 0. The van der Waals surface area contributed by atoms with E-state index < -0.39 is 17.7 Å². The van der Waals surface area contributed by atoms with E-state index in [9.17, 15) is 13.9 Å². The van der Waals surface area contributed by atoms with Crippen LogP contribution in [0.4, 0.5) is 8.78 Å². The van der Waals surface area contributed by atoms with E-state index in [4.69, 9.17) is 0 Å². The predicted octanol–water partition coefficient (Wildman–Crippen LogP) is 3.31. The molecule has 2 aromatic rings. The van der Waals surface area contributed by atoms with E-state index in [1.54, 1.807) is 12.3 Å². The van der Waals surface area contributed by atoms with E-state index in [0.29, 0.717) is 17.5 Å². The van der Waals surface area contributed by atoms with Crippen molar-refractivity contribution in [2.75, 3.05) is 0 Å². The maximum atomic E-state index is 14.0. The summed E-state index contributed by atoms with van der Waals surface area (Å²) < 4.78 is 27.8. The van der Waals surface area contributed by atoms with Crippen molar-refractivity contribution in [2.45, 2.75) is 26.4 Å². The van der Waals surface area contributed by atoms with Crippen LogP contribution in [0.1, 0.15) is 35.3 Å². The van der Waals surface area contributed by atoms with Gasteiger partial charge in [0.05, 0.1) is 5.56 Å². The number of rotatable bonds is 3. The van der Waals surface area contributed by atoms with Crippen molar-refractivity contribution >= 4 is 0 Å². The molecular formula is C15H15F2NO. The fourth-order valence-corrected chi connectivity index (χ4v) is 2.08. The zero-order chi connectivity index (χ0) is 14.0. The van der Waals surface area contributed by atoms with E-state index in [1.165, 1.54) is 25.3 Å². The minimum absolute atomic E-state index is 0.305. The van der Waals surface area contributed by atoms with Crippen LogP contribution in [0.3, 0.4) is 0 Å². The van der Waals surface area contributed by atoms with E-state index >= 15 is 0 Å². The topological polar surface area (TPSA) is 33.1 Å². The number of halogens is 2. The highest BCUT2D eigenvalue weighted by Crippen LogP contribution is 2.30. The Bertz CT molecular complexity index is 599. The molecule has 1 N–H and O–H groups in total. The van der Waals surface area contributed by atoms with Crippen LogP contribution >= 0.6 is 0 Å². The molecule has 0 amide bonds. The molecule has 0 bridgehead atoms. The van der Waals surface area contributed by atoms with Gasteiger partial charge >= 0.3 is 0 Å². The van der Waals surface area contributed by atoms with Crippen molar-refractivity contribution < 1.29 is 13.9 Å². The Morgan fingerprint density at radius 1 is 1.26 bits per heavy atom. The van der Waals surface area contributed by atoms with Crippen molar-refractivity contribution in [3.05, 3.63) is 64.5 Å². The number of hydrogen-bond donors (Lipinski definition) is 1. The third-order valence-corrected chi connectivity index (χ3v) is 3.21. The van der Waals surface area contributed by atoms with Crippen molar-refractivity contribution in [2.24, 2.45) is 0 Å². The lowest BCUT2D eigenvalue weighted by atomic mass is 9.95. The van der Waals surface area contributed by atoms with Crippen LogP contribution in [-0.4, -0.2) is 10.1 Å². The van der Waals surface area contributed by atoms with Gasteiger partial charge in [-0.05, 0) is 42.2 Å². The second-order valence-electron chi connectivity index (χ2n) is 4.42. The molecule has 0 spiro atoms. The van der Waals surface area contributed by atoms with E-state index in [2.05, 4.69) is 4.98 Å². The van der Waals surface area contributed by atoms with Crippen LogP contribution in [-0.2, 0) is 6.42 Å². The fraction of sp³-hybridized carbons (Fsp3) is 0.267. The van der Waals surface area contributed by atoms with Gasteiger partial charge in [0.2, 0.25) is 0 Å². The molecule has 2 nitrogen and oxygen atoms in total. The van der Waals surface area contributed by atoms with E-state index in [-0.39, 0.29) is 5.56 Å². The predicted molar refractivity (Wildman–Crippen MR) is 68.8 cm³/mol. The summed E-state index contributed by atoms with van der Waals surface area (Å²) in [6.45, 7) is 3.44. The summed E-state index contributed by atoms with van der Waals surface area (Å²) in [5, 5.41) is 10.3. The van der Waals surface area contributed by atoms with Gasteiger partial charge in [0, 0.05) is 12.4 Å². The van der Waals surface area contributed by atoms with Crippen LogP contribution in [0.5, 0.6) is 0 Å². The lowest BCUT2D eigenvalue weighted by Crippen LogP contribution is -2.09. The Morgan fingerprint density at radius 3 is 2.68 bits per heavy atom. The largest absolute Gasteiger partial charge is 0.383 e. The van der Waals surface area contributed by atoms with E-state index in [1.807, 2.05) is 6.92 Å². The highest BCUT2D eigenvalue weighted by Gasteiger charge is 2.22. The number of benzene rings is 1. The molecule has 19 heavy (non-hydrogen) atoms. The summed E-state index contributed by atoms with van der Waals surface area (Å²) >= 11 is 0. The zero-order valence-corrected chi connectivity index (χ0v) is 10.8. The highest BCUT2D eigenvalue weighted by atomic mass is 19.1. The molecular weight excluding hydrogens is 248 g/mol. The molecule has 0 saturated heterocycles. The quantitative estimate of drug-likeness (QED) is 0.921. The van der Waals surface area contributed by atoms with E-state index in [0.717, 1.165) is 5.56 Å². The summed E-state index contributed by atoms with van der Waals surface area (Å²) in [5.41, 5.74) is 1.26. The maximum absolute atomic E-state index is 14.0. The summed E-state index contributed by atoms with van der Waals surface area (Å²) in [4.78, 5) is 3.96. The first-order chi connectivity index (χ1) is 9.06. The normalized spacial score (nSPS) is 12.5. The van der Waals surface area contributed by atoms with Crippen LogP contribution in [0.25, 0.3) is 0 Å². The van der Waals surface area contributed by atoms with Crippen LogP contribution in [0.15, 0.2) is 30.6 Å². The molecule has 1 aromatic heterocycles. The molecule has 0 aliphatic rings. The van der Waals surface area contributed by atoms with Gasteiger partial charge in [0.1, 0.15) is 17.7 Å². The van der Waals surface area contributed by atoms with Gasteiger partial charge in [0.15, 0.2) is 0 Å². The van der Waals surface area contributed by atoms with Crippen molar-refractivity contribution in [1.82, 2.24) is 4.98 Å². The summed E-state index contributed by atoms with van der Waals surface area (Å²) in [6, 6.07) is 4.11. The van der Waals surface area contributed by atoms with Crippen LogP contribution < -0.4 is 0 Å². The third kappa shape index (κ3) is 2.49. The Labute approximate surface area is 110 Å². The highest BCUT2D eigenvalue weighted by molar-refractivity contribution is 5.37. The zero-order valence-electron chi connectivity index (χ0n) is 10.8. The van der Waals surface area contributed by atoms with Gasteiger partial charge in [-0.15, -0.1) is 0 Å². The molecule has 4 heteroatoms. The Kier molecular flexibility index (Phi) is 3.90. The molecule has 0 aliphatic heterocycles. The maximum Gasteiger partial charge on any atom is 0.135 e. The average Bonchev–Trinajstić information content (AvgIpc) is 2.43. The first kappa shape index (κ1) is 13.6. The van der Waals surface area contributed by atoms with Gasteiger partial charge in [-0.2, -0.15) is 0 Å². The van der Waals surface area contributed by atoms with Gasteiger partial charge in [-0.25, -0.2) is 8.78 Å². The molecule has 0 saturated carbocycles. The van der Waals surface area contributed by atoms with Gasteiger partial charge in [-0.1, -0.05) is 13.0 Å². The molecule has 0 radical (unpaired) electrons. The first-order valence-corrected chi connectivity index (χ1v) is 6.11. The van der Waals surface area contributed by atoms with Gasteiger partial charge < -0.3 is 5.11 Å². The lowest BCUT2D eigenvalue weighted by molar-refractivity contribution is 0.207. The molecule has 1 unspecified atom stereocenters. The molecule has 2 rings (SSSR count). The second-order valence-corrected chi connectivity index (χ2v) is 4.42. The molecule has 1 aromatic carbocycles. The number of aromatic nitrogens is 1. The van der Waals surface area contributed by atoms with Crippen LogP contribution in [0.2, 0.25) is 0 Å². The third-order valence-electron chi connectivity index (χ3n) is 3.21. The Balaban J connectivity index is 2.56. The summed E-state index contributed by atoms with van der Waals surface area (Å²) in [6.07, 6.45) is 2.42. The molecule has 100 valence electrons. The monoisotopic (exact) mass is 263 g/mol. The Morgan fingerprint density at radius 2 is 2.00 bits per heavy atom. The second kappa shape index (κ2) is 5.45. The SMILES string of the molecule is CCc1cnccc1C(O)c1c(F)ccc(C)c1F. The molecule has 0 fully saturated rings. The average molecular weight is 263 g/mol. The fourth-order valence-electron chi connectivity index (χ4n) is 2.08. The first-order valence-electron chi connectivity index (χ1n) is 6.11. The number of aryl methyl sites for hydroxylation is 2. The number of aliphatic hydroxyl groups is 1. The smallest absolute Gasteiger partial charge is 0.135 e. The molecule has 0 aliphatic carbocycles. The van der Waals surface area contributed by atoms with Crippen molar-refractivity contribution in [1.29, 1.82) is 0 Å². The number of pyridine rings is 1. The molecule has 1 atom stereocenters. The minimum Gasteiger partial charge on any atom is -0.383 e. The Hall–Kier alpha value is -1.81. The summed E-state index contributed by atoms with van der Waals surface area (Å²) in [5.74, 6) is -1.44. The number of hydrogen-bond acceptors (Lipinski definition) is 2. The van der Waals surface area contributed by atoms with Crippen molar-refractivity contribution in [3.8, 4) is 0 Å². The number of aliphatic hydroxyl groups excluding tert-OH is 1. The standard InChI is InChI=1S/C15H15F2NO/c1-3-10-8-18-7-6-11(10)15(19)13-12(16)5-4-9(2)14(13)17/h4-8,15,19H,3H2,1-2H3. The van der Waals surface area contributed by atoms with Crippen LogP contribution in [0, 0.1) is 18.6 Å². The minimum atomic E-state index is -1.32. The van der Waals surface area contributed by atoms with Gasteiger partial charge in [-0.3, -0.25) is 4.98 Å².